The number of hydrogen-bond acceptors (Lipinski definition) is 3. The maximum absolute atomic E-state index is 12.0. The molecular formula is C14H16F3NO2S. The van der Waals surface area contributed by atoms with Crippen LogP contribution in [0.4, 0.5) is 13.2 Å². The van der Waals surface area contributed by atoms with Gasteiger partial charge in [-0.1, -0.05) is 12.1 Å². The van der Waals surface area contributed by atoms with Crippen LogP contribution < -0.4 is 10.1 Å². The number of hydrogen-bond donors (Lipinski definition) is 1. The highest BCUT2D eigenvalue weighted by Gasteiger charge is 2.28. The minimum absolute atomic E-state index is 0.0231. The van der Waals surface area contributed by atoms with Gasteiger partial charge in [0, 0.05) is 6.54 Å². The fourth-order valence-electron chi connectivity index (χ4n) is 1.96. The van der Waals surface area contributed by atoms with Crippen LogP contribution in [0.25, 0.3) is 0 Å². The van der Waals surface area contributed by atoms with Crippen molar-refractivity contribution in [2.45, 2.75) is 30.8 Å². The third-order valence-corrected chi connectivity index (χ3v) is 4.39. The smallest absolute Gasteiger partial charge is 0.422 e. The number of alkyl halides is 3. The molecule has 1 atom stereocenters. The third-order valence-electron chi connectivity index (χ3n) is 3.01. The molecule has 116 valence electrons. The highest BCUT2D eigenvalue weighted by Crippen LogP contribution is 2.26. The van der Waals surface area contributed by atoms with Crippen molar-refractivity contribution in [1.82, 2.24) is 5.32 Å². The van der Waals surface area contributed by atoms with Gasteiger partial charge < -0.3 is 10.1 Å². The van der Waals surface area contributed by atoms with Crippen molar-refractivity contribution < 1.29 is 22.7 Å². The number of carbonyl (C=O) groups is 1. The van der Waals surface area contributed by atoms with Gasteiger partial charge in [0.2, 0.25) is 5.91 Å². The third kappa shape index (κ3) is 5.49. The lowest BCUT2D eigenvalue weighted by atomic mass is 10.2. The number of ether oxygens (including phenoxy) is 1. The summed E-state index contributed by atoms with van der Waals surface area (Å²) < 4.78 is 40.6. The molecule has 0 spiro atoms. The number of thioether (sulfide) groups is 1. The summed E-state index contributed by atoms with van der Waals surface area (Å²) in [5, 5.41) is 2.86. The Balaban J connectivity index is 1.78. The molecule has 3 nitrogen and oxygen atoms in total. The van der Waals surface area contributed by atoms with Crippen molar-refractivity contribution in [1.29, 1.82) is 0 Å². The summed E-state index contributed by atoms with van der Waals surface area (Å²) in [6, 6.07) is 6.23. The summed E-state index contributed by atoms with van der Waals surface area (Å²) in [6.45, 7) is -0.933. The summed E-state index contributed by atoms with van der Waals surface area (Å²) in [4.78, 5) is 11.8. The van der Waals surface area contributed by atoms with Crippen LogP contribution in [0.15, 0.2) is 24.3 Å². The molecule has 1 saturated heterocycles. The predicted molar refractivity (Wildman–Crippen MR) is 75.3 cm³/mol. The Morgan fingerprint density at radius 3 is 2.62 bits per heavy atom. The van der Waals surface area contributed by atoms with Crippen LogP contribution in [0.3, 0.4) is 0 Å². The molecule has 1 amide bonds. The number of halogens is 3. The predicted octanol–water partition coefficient (Wildman–Crippen LogP) is 3.14. The molecule has 2 rings (SSSR count). The maximum Gasteiger partial charge on any atom is 0.422 e. The van der Waals surface area contributed by atoms with Gasteiger partial charge in [0.25, 0.3) is 0 Å². The fraction of sp³-hybridized carbons (Fsp3) is 0.500. The Morgan fingerprint density at radius 2 is 2.05 bits per heavy atom. The summed E-state index contributed by atoms with van der Waals surface area (Å²) in [5.41, 5.74) is 0.825. The monoisotopic (exact) mass is 319 g/mol. The van der Waals surface area contributed by atoms with Crippen molar-refractivity contribution >= 4 is 17.7 Å². The van der Waals surface area contributed by atoms with Crippen molar-refractivity contribution in [3.8, 4) is 5.75 Å². The quantitative estimate of drug-likeness (QED) is 0.906. The van der Waals surface area contributed by atoms with E-state index in [1.165, 1.54) is 12.1 Å². The average Bonchev–Trinajstić information content (AvgIpc) is 2.97. The molecule has 0 unspecified atom stereocenters. The zero-order chi connectivity index (χ0) is 15.3. The highest BCUT2D eigenvalue weighted by atomic mass is 32.2. The molecule has 0 aromatic heterocycles. The van der Waals surface area contributed by atoms with E-state index in [4.69, 9.17) is 0 Å². The van der Waals surface area contributed by atoms with Crippen molar-refractivity contribution in [2.24, 2.45) is 0 Å². The minimum Gasteiger partial charge on any atom is -0.484 e. The minimum atomic E-state index is -4.34. The number of rotatable bonds is 5. The summed E-state index contributed by atoms with van der Waals surface area (Å²) >= 11 is 1.66. The van der Waals surface area contributed by atoms with Gasteiger partial charge in [-0.25, -0.2) is 0 Å². The van der Waals surface area contributed by atoms with E-state index in [1.807, 2.05) is 0 Å². The highest BCUT2D eigenvalue weighted by molar-refractivity contribution is 8.00. The Bertz CT molecular complexity index is 470. The molecule has 0 aliphatic carbocycles. The first-order valence-electron chi connectivity index (χ1n) is 6.62. The second-order valence-corrected chi connectivity index (χ2v) is 6.08. The Labute approximate surface area is 125 Å². The van der Waals surface area contributed by atoms with Crippen molar-refractivity contribution in [2.75, 3.05) is 12.4 Å². The van der Waals surface area contributed by atoms with E-state index >= 15 is 0 Å². The van der Waals surface area contributed by atoms with Crippen LogP contribution in [0.1, 0.15) is 18.4 Å². The number of carbonyl (C=O) groups excluding carboxylic acids is 1. The van der Waals surface area contributed by atoms with Gasteiger partial charge in [0.1, 0.15) is 5.75 Å². The molecule has 1 heterocycles. The molecule has 0 saturated carbocycles. The van der Waals surface area contributed by atoms with Gasteiger partial charge in [-0.3, -0.25) is 4.79 Å². The molecule has 1 N–H and O–H groups in total. The first kappa shape index (κ1) is 16.0. The van der Waals surface area contributed by atoms with Gasteiger partial charge in [-0.05, 0) is 36.3 Å². The van der Waals surface area contributed by atoms with Crippen LogP contribution >= 0.6 is 11.8 Å². The van der Waals surface area contributed by atoms with Crippen LogP contribution in [0.2, 0.25) is 0 Å². The van der Waals surface area contributed by atoms with Crippen LogP contribution in [0.5, 0.6) is 5.75 Å². The van der Waals surface area contributed by atoms with E-state index < -0.39 is 12.8 Å². The van der Waals surface area contributed by atoms with Gasteiger partial charge in [-0.2, -0.15) is 13.2 Å². The van der Waals surface area contributed by atoms with E-state index in [-0.39, 0.29) is 16.9 Å². The standard InChI is InChI=1S/C14H16F3NO2S/c15-14(16,17)9-20-11-5-3-10(4-6-11)8-18-13(19)12-2-1-7-21-12/h3-6,12H,1-2,7-9H2,(H,18,19)/t12-/m0/s1. The van der Waals surface area contributed by atoms with Gasteiger partial charge >= 0.3 is 6.18 Å². The Morgan fingerprint density at radius 1 is 1.33 bits per heavy atom. The molecular weight excluding hydrogens is 303 g/mol. The second kappa shape index (κ2) is 7.06. The first-order valence-corrected chi connectivity index (χ1v) is 7.67. The summed E-state index contributed by atoms with van der Waals surface area (Å²) in [5.74, 6) is 1.20. The molecule has 0 bridgehead atoms. The SMILES string of the molecule is O=C(NCc1ccc(OCC(F)(F)F)cc1)[C@@H]1CCCS1. The molecule has 1 aliphatic rings. The molecule has 1 fully saturated rings. The average molecular weight is 319 g/mol. The van der Waals surface area contributed by atoms with Gasteiger partial charge in [0.15, 0.2) is 6.61 Å². The molecule has 1 aliphatic heterocycles. The lowest BCUT2D eigenvalue weighted by molar-refractivity contribution is -0.153. The second-order valence-electron chi connectivity index (χ2n) is 4.77. The zero-order valence-electron chi connectivity index (χ0n) is 11.3. The van der Waals surface area contributed by atoms with E-state index in [2.05, 4.69) is 10.1 Å². The molecule has 0 radical (unpaired) electrons. The van der Waals surface area contributed by atoms with E-state index in [9.17, 15) is 18.0 Å². The molecule has 1 aromatic rings. The fourth-order valence-corrected chi connectivity index (χ4v) is 3.14. The van der Waals surface area contributed by atoms with E-state index in [0.717, 1.165) is 24.2 Å². The first-order chi connectivity index (χ1) is 9.94. The molecule has 21 heavy (non-hydrogen) atoms. The topological polar surface area (TPSA) is 38.3 Å². The Hall–Kier alpha value is -1.37. The molecule has 1 aromatic carbocycles. The number of amides is 1. The lowest BCUT2D eigenvalue weighted by Crippen LogP contribution is -2.30. The lowest BCUT2D eigenvalue weighted by Gasteiger charge is -2.11. The van der Waals surface area contributed by atoms with Crippen LogP contribution in [-0.4, -0.2) is 29.7 Å². The van der Waals surface area contributed by atoms with Gasteiger partial charge in [-0.15, -0.1) is 11.8 Å². The number of benzene rings is 1. The van der Waals surface area contributed by atoms with Gasteiger partial charge in [0.05, 0.1) is 5.25 Å². The number of nitrogens with one attached hydrogen (secondary N) is 1. The van der Waals surface area contributed by atoms with Crippen molar-refractivity contribution in [3.63, 3.8) is 0 Å². The van der Waals surface area contributed by atoms with Crippen LogP contribution in [0, 0.1) is 0 Å². The molecule has 7 heteroatoms. The van der Waals surface area contributed by atoms with Crippen molar-refractivity contribution in [3.05, 3.63) is 29.8 Å². The van der Waals surface area contributed by atoms with E-state index in [0.29, 0.717) is 6.54 Å². The van der Waals surface area contributed by atoms with Crippen LogP contribution in [-0.2, 0) is 11.3 Å². The summed E-state index contributed by atoms with van der Waals surface area (Å²) in [6.07, 6.45) is -2.37. The normalized spacial score (nSPS) is 18.5. The summed E-state index contributed by atoms with van der Waals surface area (Å²) in [7, 11) is 0. The zero-order valence-corrected chi connectivity index (χ0v) is 12.1. The largest absolute Gasteiger partial charge is 0.484 e. The van der Waals surface area contributed by atoms with E-state index in [1.54, 1.807) is 23.9 Å². The Kier molecular flexibility index (Phi) is 5.39. The maximum atomic E-state index is 12.0.